The molecule has 28 heavy (non-hydrogen) atoms. The molecule has 1 aromatic carbocycles. The number of carbonyl (C=O) groups excluding carboxylic acids is 2. The molecule has 0 amide bonds. The van der Waals surface area contributed by atoms with Crippen molar-refractivity contribution < 1.29 is 48.6 Å². The summed E-state index contributed by atoms with van der Waals surface area (Å²) in [6, 6.07) is 2.70. The zero-order chi connectivity index (χ0) is 21.1. The minimum absolute atomic E-state index is 0.0170. The first-order valence-electron chi connectivity index (χ1n) is 8.38. The SMILES string of the molecule is COC(=O)[C@]1(O)C[C@@H](O)[C@@H](O)[C@H](OC(=O)c2cc(OC)c(OC)c(OC)c2)C1. The van der Waals surface area contributed by atoms with Gasteiger partial charge >= 0.3 is 11.9 Å². The van der Waals surface area contributed by atoms with Crippen molar-refractivity contribution in [3.05, 3.63) is 17.7 Å². The van der Waals surface area contributed by atoms with Crippen LogP contribution in [0.25, 0.3) is 0 Å². The predicted molar refractivity (Wildman–Crippen MR) is 93.5 cm³/mol. The molecule has 3 N–H and O–H groups in total. The molecule has 0 heterocycles. The van der Waals surface area contributed by atoms with Gasteiger partial charge in [-0.3, -0.25) is 0 Å². The fraction of sp³-hybridized carbons (Fsp3) is 0.556. The summed E-state index contributed by atoms with van der Waals surface area (Å²) in [5.74, 6) is -1.18. The first-order chi connectivity index (χ1) is 13.2. The Balaban J connectivity index is 2.29. The summed E-state index contributed by atoms with van der Waals surface area (Å²) in [6.07, 6.45) is -5.21. The van der Waals surface area contributed by atoms with Gasteiger partial charge in [-0.25, -0.2) is 9.59 Å². The highest BCUT2D eigenvalue weighted by Crippen LogP contribution is 2.39. The van der Waals surface area contributed by atoms with E-state index in [1.165, 1.54) is 33.5 Å². The Morgan fingerprint density at radius 3 is 2.04 bits per heavy atom. The third kappa shape index (κ3) is 4.13. The number of methoxy groups -OCH3 is 4. The minimum atomic E-state index is -2.09. The molecule has 1 saturated carbocycles. The van der Waals surface area contributed by atoms with Gasteiger partial charge in [-0.2, -0.15) is 0 Å². The fourth-order valence-electron chi connectivity index (χ4n) is 3.12. The lowest BCUT2D eigenvalue weighted by Gasteiger charge is -2.39. The van der Waals surface area contributed by atoms with E-state index >= 15 is 0 Å². The monoisotopic (exact) mass is 400 g/mol. The molecule has 4 atom stereocenters. The van der Waals surface area contributed by atoms with Crippen LogP contribution in [0.4, 0.5) is 0 Å². The van der Waals surface area contributed by atoms with Gasteiger partial charge in [0, 0.05) is 12.8 Å². The van der Waals surface area contributed by atoms with Crippen LogP contribution in [0.15, 0.2) is 12.1 Å². The van der Waals surface area contributed by atoms with E-state index in [1.807, 2.05) is 0 Å². The number of hydrogen-bond acceptors (Lipinski definition) is 10. The molecule has 0 unspecified atom stereocenters. The summed E-state index contributed by atoms with van der Waals surface area (Å²) < 4.78 is 25.3. The maximum absolute atomic E-state index is 12.6. The smallest absolute Gasteiger partial charge is 0.338 e. The van der Waals surface area contributed by atoms with Crippen molar-refractivity contribution in [1.82, 2.24) is 0 Å². The molecule has 2 rings (SSSR count). The molecule has 1 fully saturated rings. The van der Waals surface area contributed by atoms with Gasteiger partial charge in [0.2, 0.25) is 5.75 Å². The number of aliphatic hydroxyl groups is 3. The quantitative estimate of drug-likeness (QED) is 0.543. The summed E-state index contributed by atoms with van der Waals surface area (Å²) in [5, 5.41) is 30.5. The summed E-state index contributed by atoms with van der Waals surface area (Å²) >= 11 is 0. The Labute approximate surface area is 161 Å². The Morgan fingerprint density at radius 2 is 1.57 bits per heavy atom. The number of aliphatic hydroxyl groups excluding tert-OH is 2. The number of hydrogen-bond donors (Lipinski definition) is 3. The van der Waals surface area contributed by atoms with Crippen molar-refractivity contribution in [2.24, 2.45) is 0 Å². The lowest BCUT2D eigenvalue weighted by molar-refractivity contribution is -0.190. The Bertz CT molecular complexity index is 708. The normalized spacial score (nSPS) is 26.9. The molecule has 0 bridgehead atoms. The zero-order valence-electron chi connectivity index (χ0n) is 16.0. The van der Waals surface area contributed by atoms with Crippen LogP contribution in [0.1, 0.15) is 23.2 Å². The zero-order valence-corrected chi connectivity index (χ0v) is 16.0. The molecule has 10 heteroatoms. The Kier molecular flexibility index (Phi) is 6.70. The molecule has 0 aliphatic heterocycles. The highest BCUT2D eigenvalue weighted by molar-refractivity contribution is 5.91. The van der Waals surface area contributed by atoms with Gasteiger partial charge in [-0.1, -0.05) is 0 Å². The molecule has 1 aliphatic rings. The molecule has 0 radical (unpaired) electrons. The molecule has 1 aromatic rings. The van der Waals surface area contributed by atoms with Gasteiger partial charge in [-0.05, 0) is 12.1 Å². The van der Waals surface area contributed by atoms with Gasteiger partial charge < -0.3 is 39.0 Å². The summed E-state index contributed by atoms with van der Waals surface area (Å²) in [4.78, 5) is 24.4. The van der Waals surface area contributed by atoms with Gasteiger partial charge in [-0.15, -0.1) is 0 Å². The van der Waals surface area contributed by atoms with Crippen molar-refractivity contribution in [1.29, 1.82) is 0 Å². The van der Waals surface area contributed by atoms with E-state index in [-0.39, 0.29) is 22.8 Å². The molecule has 0 saturated heterocycles. The Hall–Kier alpha value is -2.56. The van der Waals surface area contributed by atoms with E-state index in [0.717, 1.165) is 7.11 Å². The van der Waals surface area contributed by atoms with Gasteiger partial charge in [0.15, 0.2) is 17.1 Å². The fourth-order valence-corrected chi connectivity index (χ4v) is 3.12. The third-order valence-electron chi connectivity index (χ3n) is 4.59. The number of esters is 2. The van der Waals surface area contributed by atoms with Crippen molar-refractivity contribution in [2.45, 2.75) is 36.8 Å². The van der Waals surface area contributed by atoms with Gasteiger partial charge in [0.1, 0.15) is 12.2 Å². The van der Waals surface area contributed by atoms with Crippen LogP contribution >= 0.6 is 0 Å². The number of ether oxygens (including phenoxy) is 5. The van der Waals surface area contributed by atoms with Crippen molar-refractivity contribution in [3.8, 4) is 17.2 Å². The first kappa shape index (κ1) is 21.7. The summed E-state index contributed by atoms with van der Waals surface area (Å²) in [5.41, 5.74) is -2.07. The molecule has 156 valence electrons. The maximum atomic E-state index is 12.6. The van der Waals surface area contributed by atoms with E-state index in [2.05, 4.69) is 4.74 Å². The molecule has 10 nitrogen and oxygen atoms in total. The maximum Gasteiger partial charge on any atom is 0.338 e. The number of benzene rings is 1. The van der Waals surface area contributed by atoms with E-state index in [1.54, 1.807) is 0 Å². The second-order valence-corrected chi connectivity index (χ2v) is 6.35. The molecule has 0 aromatic heterocycles. The average molecular weight is 400 g/mol. The standard InChI is InChI=1S/C18H24O10/c1-24-11-5-9(6-12(25-2)15(11)26-3)16(21)28-13-8-18(23,17(22)27-4)7-10(19)14(13)20/h5-6,10,13-14,19-20,23H,7-8H2,1-4H3/t10-,13-,14-,18+/m1/s1. The van der Waals surface area contributed by atoms with Crippen LogP contribution in [0.3, 0.4) is 0 Å². The highest BCUT2D eigenvalue weighted by atomic mass is 16.6. The lowest BCUT2D eigenvalue weighted by atomic mass is 9.79. The lowest BCUT2D eigenvalue weighted by Crippen LogP contribution is -2.57. The van der Waals surface area contributed by atoms with Gasteiger partial charge in [0.25, 0.3) is 0 Å². The summed E-state index contributed by atoms with van der Waals surface area (Å²) in [6.45, 7) is 0. The minimum Gasteiger partial charge on any atom is -0.493 e. The van der Waals surface area contributed by atoms with E-state index in [0.29, 0.717) is 0 Å². The van der Waals surface area contributed by atoms with Crippen LogP contribution < -0.4 is 14.2 Å². The molecule has 0 spiro atoms. The number of carbonyl (C=O) groups is 2. The third-order valence-corrected chi connectivity index (χ3v) is 4.59. The van der Waals surface area contributed by atoms with Crippen LogP contribution in [0, 0.1) is 0 Å². The average Bonchev–Trinajstić information content (AvgIpc) is 2.69. The second kappa shape index (κ2) is 8.63. The van der Waals surface area contributed by atoms with Crippen molar-refractivity contribution >= 4 is 11.9 Å². The highest BCUT2D eigenvalue weighted by Gasteiger charge is 2.51. The van der Waals surface area contributed by atoms with Crippen LogP contribution in [0.5, 0.6) is 17.2 Å². The van der Waals surface area contributed by atoms with E-state index in [9.17, 15) is 24.9 Å². The van der Waals surface area contributed by atoms with Crippen molar-refractivity contribution in [2.75, 3.05) is 28.4 Å². The Morgan fingerprint density at radius 1 is 1.00 bits per heavy atom. The molecular weight excluding hydrogens is 376 g/mol. The van der Waals surface area contributed by atoms with Gasteiger partial charge in [0.05, 0.1) is 40.1 Å². The predicted octanol–water partition coefficient (Wildman–Crippen LogP) is -0.342. The second-order valence-electron chi connectivity index (χ2n) is 6.35. The van der Waals surface area contributed by atoms with Crippen LogP contribution in [-0.2, 0) is 14.3 Å². The van der Waals surface area contributed by atoms with E-state index < -0.39 is 48.7 Å². The topological polar surface area (TPSA) is 141 Å². The largest absolute Gasteiger partial charge is 0.493 e. The molecule has 1 aliphatic carbocycles. The van der Waals surface area contributed by atoms with E-state index in [4.69, 9.17) is 18.9 Å². The van der Waals surface area contributed by atoms with Crippen molar-refractivity contribution in [3.63, 3.8) is 0 Å². The summed E-state index contributed by atoms with van der Waals surface area (Å²) in [7, 11) is 5.24. The van der Waals surface area contributed by atoms with Crippen LogP contribution in [0.2, 0.25) is 0 Å². The van der Waals surface area contributed by atoms with Crippen LogP contribution in [-0.4, -0.2) is 79.6 Å². The molecular formula is C18H24O10. The number of rotatable bonds is 6. The first-order valence-corrected chi connectivity index (χ1v) is 8.38.